The molecule has 0 aromatic carbocycles. The maximum Gasteiger partial charge on any atom is 0.346 e. The van der Waals surface area contributed by atoms with Crippen molar-refractivity contribution in [3.05, 3.63) is 46.3 Å². The molecule has 7 heteroatoms. The molecule has 3 N–H and O–H groups in total. The third-order valence-electron chi connectivity index (χ3n) is 2.49. The molecule has 0 fully saturated rings. The second-order valence-corrected chi connectivity index (χ2v) is 4.78. The van der Waals surface area contributed by atoms with Crippen molar-refractivity contribution in [3.8, 4) is 0 Å². The molecule has 2 aromatic rings. The van der Waals surface area contributed by atoms with Gasteiger partial charge in [0.25, 0.3) is 5.91 Å². The topological polar surface area (TPSA) is 91.3 Å². The molecule has 2 rings (SSSR count). The summed E-state index contributed by atoms with van der Waals surface area (Å²) in [7, 11) is 0. The normalized spacial score (nSPS) is 10.0. The van der Waals surface area contributed by atoms with Gasteiger partial charge < -0.3 is 15.7 Å². The average Bonchev–Trinajstić information content (AvgIpc) is 2.94. The van der Waals surface area contributed by atoms with Gasteiger partial charge >= 0.3 is 5.97 Å². The first-order valence-corrected chi connectivity index (χ1v) is 6.80. The number of carbonyl (C=O) groups is 2. The van der Waals surface area contributed by atoms with Crippen LogP contribution in [0.3, 0.4) is 0 Å². The van der Waals surface area contributed by atoms with Crippen LogP contribution in [0.2, 0.25) is 0 Å². The molecule has 2 aromatic heterocycles. The summed E-state index contributed by atoms with van der Waals surface area (Å²) in [6.45, 7) is 0.889. The Balaban J connectivity index is 1.81. The van der Waals surface area contributed by atoms with Crippen LogP contribution in [-0.2, 0) is 0 Å². The standard InChI is InChI=1S/C13H13N3O3S/c17-12(9-4-8-20-11(9)13(18)19)16-7-6-15-10-3-1-2-5-14-10/h1-5,8H,6-7H2,(H,14,15)(H,16,17)(H,18,19). The number of carbonyl (C=O) groups excluding carboxylic acids is 1. The summed E-state index contributed by atoms with van der Waals surface area (Å²) in [6, 6.07) is 7.01. The number of aromatic carboxylic acids is 1. The molecule has 0 atom stereocenters. The third kappa shape index (κ3) is 3.55. The zero-order chi connectivity index (χ0) is 14.4. The Morgan fingerprint density at radius 3 is 2.80 bits per heavy atom. The first-order chi connectivity index (χ1) is 9.68. The molecule has 6 nitrogen and oxygen atoms in total. The van der Waals surface area contributed by atoms with Gasteiger partial charge in [-0.2, -0.15) is 0 Å². The van der Waals surface area contributed by atoms with Crippen molar-refractivity contribution >= 4 is 29.0 Å². The SMILES string of the molecule is O=C(NCCNc1ccccn1)c1ccsc1C(=O)O. The van der Waals surface area contributed by atoms with E-state index in [9.17, 15) is 9.59 Å². The number of carboxylic acids is 1. The van der Waals surface area contributed by atoms with E-state index in [-0.39, 0.29) is 16.3 Å². The molecule has 0 radical (unpaired) electrons. The average molecular weight is 291 g/mol. The Bertz CT molecular complexity index is 598. The maximum absolute atomic E-state index is 11.8. The van der Waals surface area contributed by atoms with E-state index in [1.54, 1.807) is 11.6 Å². The van der Waals surface area contributed by atoms with Gasteiger partial charge in [0, 0.05) is 19.3 Å². The molecule has 104 valence electrons. The molecule has 0 saturated heterocycles. The fourth-order valence-electron chi connectivity index (χ4n) is 1.58. The van der Waals surface area contributed by atoms with Crippen molar-refractivity contribution in [1.82, 2.24) is 10.3 Å². The van der Waals surface area contributed by atoms with Crippen LogP contribution in [0.15, 0.2) is 35.8 Å². The number of anilines is 1. The second-order valence-electron chi connectivity index (χ2n) is 3.87. The van der Waals surface area contributed by atoms with Gasteiger partial charge in [0.15, 0.2) is 0 Å². The first kappa shape index (κ1) is 14.0. The van der Waals surface area contributed by atoms with E-state index in [1.807, 2.05) is 18.2 Å². The van der Waals surface area contributed by atoms with Gasteiger partial charge in [-0.3, -0.25) is 4.79 Å². The van der Waals surface area contributed by atoms with Gasteiger partial charge in [-0.05, 0) is 23.6 Å². The summed E-state index contributed by atoms with van der Waals surface area (Å²) in [5.74, 6) is -0.744. The minimum Gasteiger partial charge on any atom is -0.477 e. The van der Waals surface area contributed by atoms with Gasteiger partial charge in [0.2, 0.25) is 0 Å². The van der Waals surface area contributed by atoms with E-state index >= 15 is 0 Å². The zero-order valence-electron chi connectivity index (χ0n) is 10.5. The summed E-state index contributed by atoms with van der Waals surface area (Å²) in [6.07, 6.45) is 1.67. The van der Waals surface area contributed by atoms with Gasteiger partial charge in [0.1, 0.15) is 10.7 Å². The van der Waals surface area contributed by atoms with Gasteiger partial charge in [-0.25, -0.2) is 9.78 Å². The van der Waals surface area contributed by atoms with Crippen LogP contribution in [0, 0.1) is 0 Å². The minimum atomic E-state index is -1.09. The van der Waals surface area contributed by atoms with Crippen LogP contribution in [0.4, 0.5) is 5.82 Å². The highest BCUT2D eigenvalue weighted by Crippen LogP contribution is 2.16. The lowest BCUT2D eigenvalue weighted by molar-refractivity contribution is 0.0696. The minimum absolute atomic E-state index is 0.0557. The summed E-state index contributed by atoms with van der Waals surface area (Å²) in [5, 5.41) is 16.2. The van der Waals surface area contributed by atoms with Crippen LogP contribution in [0.1, 0.15) is 20.0 Å². The molecular formula is C13H13N3O3S. The Morgan fingerprint density at radius 1 is 1.25 bits per heavy atom. The number of pyridine rings is 1. The number of nitrogens with one attached hydrogen (secondary N) is 2. The Labute approximate surface area is 119 Å². The van der Waals surface area contributed by atoms with Crippen molar-refractivity contribution in [2.75, 3.05) is 18.4 Å². The predicted octanol–water partition coefficient (Wildman–Crippen LogP) is 1.68. The number of aromatic nitrogens is 1. The maximum atomic E-state index is 11.8. The molecule has 0 aliphatic heterocycles. The molecule has 0 aliphatic carbocycles. The van der Waals surface area contributed by atoms with Crippen molar-refractivity contribution in [2.24, 2.45) is 0 Å². The van der Waals surface area contributed by atoms with Gasteiger partial charge in [-0.1, -0.05) is 6.07 Å². The molecule has 0 unspecified atom stereocenters. The summed E-state index contributed by atoms with van der Waals surface area (Å²) < 4.78 is 0. The summed E-state index contributed by atoms with van der Waals surface area (Å²) in [5.41, 5.74) is 0.195. The number of nitrogens with zero attached hydrogens (tertiary/aromatic N) is 1. The van der Waals surface area contributed by atoms with Gasteiger partial charge in [-0.15, -0.1) is 11.3 Å². The van der Waals surface area contributed by atoms with Crippen LogP contribution < -0.4 is 10.6 Å². The fraction of sp³-hybridized carbons (Fsp3) is 0.154. The van der Waals surface area contributed by atoms with Crippen molar-refractivity contribution in [3.63, 3.8) is 0 Å². The largest absolute Gasteiger partial charge is 0.477 e. The fourth-order valence-corrected chi connectivity index (χ4v) is 2.31. The third-order valence-corrected chi connectivity index (χ3v) is 3.39. The first-order valence-electron chi connectivity index (χ1n) is 5.92. The second kappa shape index (κ2) is 6.67. The predicted molar refractivity (Wildman–Crippen MR) is 76.3 cm³/mol. The smallest absolute Gasteiger partial charge is 0.346 e. The van der Waals surface area contributed by atoms with Crippen LogP contribution in [-0.4, -0.2) is 35.1 Å². The van der Waals surface area contributed by atoms with Crippen molar-refractivity contribution < 1.29 is 14.7 Å². The lowest BCUT2D eigenvalue weighted by Crippen LogP contribution is -2.29. The van der Waals surface area contributed by atoms with E-state index in [1.165, 1.54) is 6.07 Å². The molecule has 1 amide bonds. The number of amides is 1. The molecular weight excluding hydrogens is 278 g/mol. The lowest BCUT2D eigenvalue weighted by Gasteiger charge is -2.07. The molecule has 0 saturated carbocycles. The van der Waals surface area contributed by atoms with E-state index in [4.69, 9.17) is 5.11 Å². The highest BCUT2D eigenvalue weighted by molar-refractivity contribution is 7.12. The highest BCUT2D eigenvalue weighted by atomic mass is 32.1. The zero-order valence-corrected chi connectivity index (χ0v) is 11.3. The lowest BCUT2D eigenvalue weighted by atomic mass is 10.2. The Hall–Kier alpha value is -2.41. The van der Waals surface area contributed by atoms with E-state index in [0.717, 1.165) is 17.2 Å². The van der Waals surface area contributed by atoms with Crippen molar-refractivity contribution in [1.29, 1.82) is 0 Å². The monoisotopic (exact) mass is 291 g/mol. The van der Waals surface area contributed by atoms with Crippen molar-refractivity contribution in [2.45, 2.75) is 0 Å². The molecule has 2 heterocycles. The molecule has 20 heavy (non-hydrogen) atoms. The summed E-state index contributed by atoms with van der Waals surface area (Å²) >= 11 is 1.04. The molecule has 0 spiro atoms. The number of rotatable bonds is 6. The van der Waals surface area contributed by atoms with Gasteiger partial charge in [0.05, 0.1) is 5.56 Å². The van der Waals surface area contributed by atoms with E-state index < -0.39 is 5.97 Å². The quantitative estimate of drug-likeness (QED) is 0.704. The van der Waals surface area contributed by atoms with Crippen LogP contribution >= 0.6 is 11.3 Å². The number of carboxylic acid groups (broad SMARTS) is 1. The van der Waals surface area contributed by atoms with E-state index in [2.05, 4.69) is 15.6 Å². The number of hydrogen-bond donors (Lipinski definition) is 3. The Morgan fingerprint density at radius 2 is 2.10 bits per heavy atom. The highest BCUT2D eigenvalue weighted by Gasteiger charge is 2.17. The van der Waals surface area contributed by atoms with Crippen LogP contribution in [0.5, 0.6) is 0 Å². The molecule has 0 aliphatic rings. The number of hydrogen-bond acceptors (Lipinski definition) is 5. The van der Waals surface area contributed by atoms with E-state index in [0.29, 0.717) is 13.1 Å². The molecule has 0 bridgehead atoms. The number of thiophene rings is 1. The van der Waals surface area contributed by atoms with Crippen LogP contribution in [0.25, 0.3) is 0 Å². The Kier molecular flexibility index (Phi) is 4.67. The summed E-state index contributed by atoms with van der Waals surface area (Å²) in [4.78, 5) is 26.9.